The normalized spacial score (nSPS) is 38.2. The van der Waals surface area contributed by atoms with Crippen molar-refractivity contribution >= 4 is 5.91 Å². The maximum Gasteiger partial charge on any atom is 0.237 e. The summed E-state index contributed by atoms with van der Waals surface area (Å²) < 4.78 is 0. The lowest BCUT2D eigenvalue weighted by Gasteiger charge is -2.07. The molecule has 4 N–H and O–H groups in total. The first-order valence-corrected chi connectivity index (χ1v) is 3.57. The Bertz CT molecular complexity index is 167. The molecule has 3 heteroatoms. The average Bonchev–Trinajstić information content (AvgIpc) is 2.43. The van der Waals surface area contributed by atoms with Gasteiger partial charge in [0.05, 0.1) is 5.54 Å². The van der Waals surface area contributed by atoms with Gasteiger partial charge in [0.25, 0.3) is 0 Å². The first-order valence-electron chi connectivity index (χ1n) is 3.57. The van der Waals surface area contributed by atoms with E-state index in [9.17, 15) is 4.79 Å². The summed E-state index contributed by atoms with van der Waals surface area (Å²) >= 11 is 0. The van der Waals surface area contributed by atoms with Gasteiger partial charge in [0, 0.05) is 0 Å². The van der Waals surface area contributed by atoms with Crippen molar-refractivity contribution in [2.45, 2.75) is 25.8 Å². The van der Waals surface area contributed by atoms with Gasteiger partial charge in [-0.05, 0) is 18.3 Å². The molecule has 10 heavy (non-hydrogen) atoms. The van der Waals surface area contributed by atoms with E-state index in [0.29, 0.717) is 11.8 Å². The molecule has 58 valence electrons. The zero-order valence-corrected chi connectivity index (χ0v) is 6.42. The summed E-state index contributed by atoms with van der Waals surface area (Å²) in [6.45, 7) is 4.12. The quantitative estimate of drug-likeness (QED) is 0.562. The van der Waals surface area contributed by atoms with Crippen LogP contribution in [0.3, 0.4) is 0 Å². The summed E-state index contributed by atoms with van der Waals surface area (Å²) in [5.41, 5.74) is 10.1. The highest BCUT2D eigenvalue weighted by Gasteiger charge is 2.56. The maximum atomic E-state index is 10.7. The monoisotopic (exact) mass is 142 g/mol. The van der Waals surface area contributed by atoms with E-state index < -0.39 is 5.54 Å². The molecule has 0 bridgehead atoms. The van der Waals surface area contributed by atoms with Gasteiger partial charge in [-0.15, -0.1) is 0 Å². The number of primary amides is 1. The lowest BCUT2D eigenvalue weighted by atomic mass is 10.0. The lowest BCUT2D eigenvalue weighted by Crippen LogP contribution is -2.41. The smallest absolute Gasteiger partial charge is 0.237 e. The van der Waals surface area contributed by atoms with E-state index in [1.807, 2.05) is 0 Å². The van der Waals surface area contributed by atoms with Gasteiger partial charge >= 0.3 is 0 Å². The number of carbonyl (C=O) groups is 1. The summed E-state index contributed by atoms with van der Waals surface area (Å²) in [5.74, 6) is 0.425. The molecule has 1 aliphatic carbocycles. The number of hydrogen-bond acceptors (Lipinski definition) is 2. The van der Waals surface area contributed by atoms with Crippen molar-refractivity contribution < 1.29 is 4.79 Å². The second-order valence-corrected chi connectivity index (χ2v) is 3.46. The van der Waals surface area contributed by atoms with Gasteiger partial charge in [0.1, 0.15) is 0 Å². The Morgan fingerprint density at radius 3 is 2.30 bits per heavy atom. The Morgan fingerprint density at radius 1 is 1.70 bits per heavy atom. The van der Waals surface area contributed by atoms with E-state index in [1.165, 1.54) is 0 Å². The molecule has 0 radical (unpaired) electrons. The van der Waals surface area contributed by atoms with Gasteiger partial charge in [-0.3, -0.25) is 4.79 Å². The molecule has 0 aromatic heterocycles. The Labute approximate surface area is 60.8 Å². The van der Waals surface area contributed by atoms with Crippen molar-refractivity contribution in [1.82, 2.24) is 0 Å². The van der Waals surface area contributed by atoms with E-state index in [0.717, 1.165) is 6.42 Å². The zero-order chi connectivity index (χ0) is 7.94. The van der Waals surface area contributed by atoms with Crippen LogP contribution in [-0.2, 0) is 4.79 Å². The molecule has 2 atom stereocenters. The van der Waals surface area contributed by atoms with Gasteiger partial charge in [-0.25, -0.2) is 0 Å². The summed E-state index contributed by atoms with van der Waals surface area (Å²) in [4.78, 5) is 10.7. The highest BCUT2D eigenvalue weighted by molar-refractivity contribution is 5.88. The molecule has 2 unspecified atom stereocenters. The predicted octanol–water partition coefficient (Wildman–Crippen LogP) is -0.155. The van der Waals surface area contributed by atoms with Crippen LogP contribution in [0.25, 0.3) is 0 Å². The van der Waals surface area contributed by atoms with Gasteiger partial charge in [-0.1, -0.05) is 13.8 Å². The van der Waals surface area contributed by atoms with Crippen LogP contribution in [0.1, 0.15) is 20.3 Å². The highest BCUT2D eigenvalue weighted by atomic mass is 16.1. The van der Waals surface area contributed by atoms with Crippen molar-refractivity contribution in [1.29, 1.82) is 0 Å². The van der Waals surface area contributed by atoms with E-state index in [2.05, 4.69) is 13.8 Å². The fourth-order valence-corrected chi connectivity index (χ4v) is 1.42. The van der Waals surface area contributed by atoms with Crippen LogP contribution < -0.4 is 11.5 Å². The molecule has 1 amide bonds. The van der Waals surface area contributed by atoms with E-state index >= 15 is 0 Å². The van der Waals surface area contributed by atoms with Crippen LogP contribution in [0.15, 0.2) is 0 Å². The Morgan fingerprint density at radius 2 is 2.20 bits per heavy atom. The Hall–Kier alpha value is -0.570. The molecule has 1 aliphatic rings. The van der Waals surface area contributed by atoms with Crippen LogP contribution in [0, 0.1) is 11.8 Å². The van der Waals surface area contributed by atoms with E-state index in [-0.39, 0.29) is 5.91 Å². The molecule has 1 rings (SSSR count). The van der Waals surface area contributed by atoms with Crippen LogP contribution in [0.4, 0.5) is 0 Å². The SMILES string of the molecule is CC(C)C1CC1(N)C(N)=O. The van der Waals surface area contributed by atoms with Crippen molar-refractivity contribution in [3.05, 3.63) is 0 Å². The van der Waals surface area contributed by atoms with Gasteiger partial charge < -0.3 is 11.5 Å². The number of rotatable bonds is 2. The van der Waals surface area contributed by atoms with Crippen LogP contribution in [-0.4, -0.2) is 11.4 Å². The van der Waals surface area contributed by atoms with Crippen molar-refractivity contribution in [2.24, 2.45) is 23.3 Å². The van der Waals surface area contributed by atoms with E-state index in [1.54, 1.807) is 0 Å². The summed E-state index contributed by atoms with van der Waals surface area (Å²) in [6.07, 6.45) is 0.764. The molecule has 1 fully saturated rings. The standard InChI is InChI=1S/C7H14N2O/c1-4(2)5-3-7(5,9)6(8)10/h4-5H,3,9H2,1-2H3,(H2,8,10). The van der Waals surface area contributed by atoms with Crippen LogP contribution >= 0.6 is 0 Å². The molecule has 0 aliphatic heterocycles. The molecular formula is C7H14N2O. The Balaban J connectivity index is 2.56. The zero-order valence-electron chi connectivity index (χ0n) is 6.42. The van der Waals surface area contributed by atoms with Crippen molar-refractivity contribution in [2.75, 3.05) is 0 Å². The molecule has 0 aromatic carbocycles. The summed E-state index contributed by atoms with van der Waals surface area (Å²) in [6, 6.07) is 0. The highest BCUT2D eigenvalue weighted by Crippen LogP contribution is 2.45. The minimum absolute atomic E-state index is 0.310. The van der Waals surface area contributed by atoms with Crippen LogP contribution in [0.2, 0.25) is 0 Å². The molecule has 0 heterocycles. The van der Waals surface area contributed by atoms with Gasteiger partial charge in [0.15, 0.2) is 0 Å². The fraction of sp³-hybridized carbons (Fsp3) is 0.857. The van der Waals surface area contributed by atoms with Crippen molar-refractivity contribution in [3.8, 4) is 0 Å². The third-order valence-corrected chi connectivity index (χ3v) is 2.32. The lowest BCUT2D eigenvalue weighted by molar-refractivity contribution is -0.120. The minimum Gasteiger partial charge on any atom is -0.368 e. The van der Waals surface area contributed by atoms with Gasteiger partial charge in [0.2, 0.25) is 5.91 Å². The molecule has 0 aromatic rings. The second kappa shape index (κ2) is 1.95. The van der Waals surface area contributed by atoms with E-state index in [4.69, 9.17) is 11.5 Å². The Kier molecular flexibility index (Phi) is 1.47. The molecule has 0 saturated heterocycles. The summed E-state index contributed by atoms with van der Waals surface area (Å²) in [7, 11) is 0. The average molecular weight is 142 g/mol. The number of nitrogens with two attached hydrogens (primary N) is 2. The molecule has 1 saturated carbocycles. The minimum atomic E-state index is -0.672. The molecular weight excluding hydrogens is 128 g/mol. The van der Waals surface area contributed by atoms with Gasteiger partial charge in [-0.2, -0.15) is 0 Å². The first kappa shape index (κ1) is 7.54. The fourth-order valence-electron chi connectivity index (χ4n) is 1.42. The van der Waals surface area contributed by atoms with Crippen LogP contribution in [0.5, 0.6) is 0 Å². The number of amides is 1. The number of carbonyl (C=O) groups excluding carboxylic acids is 1. The second-order valence-electron chi connectivity index (χ2n) is 3.46. The summed E-state index contributed by atoms with van der Waals surface area (Å²) in [5, 5.41) is 0. The third kappa shape index (κ3) is 0.904. The third-order valence-electron chi connectivity index (χ3n) is 2.32. The van der Waals surface area contributed by atoms with Crippen molar-refractivity contribution in [3.63, 3.8) is 0 Å². The predicted molar refractivity (Wildman–Crippen MR) is 39.1 cm³/mol. The maximum absolute atomic E-state index is 10.7. The molecule has 0 spiro atoms. The molecule has 3 nitrogen and oxygen atoms in total. The largest absolute Gasteiger partial charge is 0.368 e. The number of hydrogen-bond donors (Lipinski definition) is 2. The topological polar surface area (TPSA) is 69.1 Å². The first-order chi connectivity index (χ1) is 4.48.